The van der Waals surface area contributed by atoms with Crippen LogP contribution in [0.3, 0.4) is 0 Å². The molecule has 2 fully saturated rings. The van der Waals surface area contributed by atoms with Crippen LogP contribution in [0.15, 0.2) is 48.5 Å². The summed E-state index contributed by atoms with van der Waals surface area (Å²) in [5.41, 5.74) is 5.12. The molecule has 1 N–H and O–H groups in total. The first kappa shape index (κ1) is 22.3. The lowest BCUT2D eigenvalue weighted by atomic mass is 9.71. The average molecular weight is 448 g/mol. The van der Waals surface area contributed by atoms with Crippen LogP contribution in [0.2, 0.25) is 0 Å². The highest BCUT2D eigenvalue weighted by molar-refractivity contribution is 5.71. The van der Waals surface area contributed by atoms with Gasteiger partial charge in [-0.3, -0.25) is 4.90 Å². The van der Waals surface area contributed by atoms with E-state index in [9.17, 15) is 4.79 Å². The highest BCUT2D eigenvalue weighted by Crippen LogP contribution is 2.49. The molecule has 1 spiro atoms. The highest BCUT2D eigenvalue weighted by atomic mass is 16.6. The predicted molar refractivity (Wildman–Crippen MR) is 132 cm³/mol. The molecule has 33 heavy (non-hydrogen) atoms. The molecular weight excluding hydrogens is 410 g/mol. The number of benzene rings is 2. The van der Waals surface area contributed by atoms with Crippen molar-refractivity contribution in [2.45, 2.75) is 70.1 Å². The Morgan fingerprint density at radius 3 is 2.55 bits per heavy atom. The fraction of sp³-hybridized carbons (Fsp3) is 0.536. The van der Waals surface area contributed by atoms with Gasteiger partial charge in [-0.25, -0.2) is 4.79 Å². The number of hydrogen-bond acceptors (Lipinski definition) is 4. The van der Waals surface area contributed by atoms with Crippen molar-refractivity contribution >= 4 is 11.8 Å². The summed E-state index contributed by atoms with van der Waals surface area (Å²) >= 11 is 0. The molecule has 1 amide bonds. The molecule has 2 aromatic rings. The van der Waals surface area contributed by atoms with Crippen molar-refractivity contribution in [3.63, 3.8) is 0 Å². The SMILES string of the molecule is CC(C)(C)OC(=O)N1CCC[C@@H]1c1cccc2c1C1(CCN(Cc3ccccc3)CC1)CN2. The predicted octanol–water partition coefficient (Wildman–Crippen LogP) is 5.72. The van der Waals surface area contributed by atoms with Crippen LogP contribution in [0.1, 0.15) is 69.2 Å². The van der Waals surface area contributed by atoms with E-state index in [4.69, 9.17) is 4.74 Å². The summed E-state index contributed by atoms with van der Waals surface area (Å²) in [6, 6.07) is 17.5. The molecule has 0 aromatic heterocycles. The first-order chi connectivity index (χ1) is 15.8. The normalized spacial score (nSPS) is 22.3. The van der Waals surface area contributed by atoms with Crippen molar-refractivity contribution in [3.8, 4) is 0 Å². The third-order valence-corrected chi connectivity index (χ3v) is 7.55. The molecule has 1 atom stereocenters. The summed E-state index contributed by atoms with van der Waals surface area (Å²) in [5.74, 6) is 0. The van der Waals surface area contributed by atoms with E-state index >= 15 is 0 Å². The Morgan fingerprint density at radius 2 is 1.82 bits per heavy atom. The van der Waals surface area contributed by atoms with E-state index in [1.54, 1.807) is 0 Å². The molecule has 5 heteroatoms. The van der Waals surface area contributed by atoms with Gasteiger partial charge in [0.05, 0.1) is 6.04 Å². The zero-order chi connectivity index (χ0) is 23.1. The summed E-state index contributed by atoms with van der Waals surface area (Å²) in [6.45, 7) is 10.8. The number of nitrogens with one attached hydrogen (secondary N) is 1. The Hall–Kier alpha value is -2.53. The topological polar surface area (TPSA) is 44.8 Å². The molecule has 176 valence electrons. The van der Waals surface area contributed by atoms with E-state index in [1.807, 2.05) is 25.7 Å². The fourth-order valence-corrected chi connectivity index (χ4v) is 5.98. The molecule has 0 saturated carbocycles. The van der Waals surface area contributed by atoms with Gasteiger partial charge in [0.15, 0.2) is 0 Å². The smallest absolute Gasteiger partial charge is 0.410 e. The van der Waals surface area contributed by atoms with Crippen LogP contribution in [0.4, 0.5) is 10.5 Å². The van der Waals surface area contributed by atoms with Gasteiger partial charge in [0, 0.05) is 30.7 Å². The summed E-state index contributed by atoms with van der Waals surface area (Å²) in [5, 5.41) is 3.72. The molecule has 2 saturated heterocycles. The molecule has 5 nitrogen and oxygen atoms in total. The van der Waals surface area contributed by atoms with Gasteiger partial charge in [0.1, 0.15) is 5.60 Å². The van der Waals surface area contributed by atoms with Crippen LogP contribution in [0.25, 0.3) is 0 Å². The lowest BCUT2D eigenvalue weighted by Gasteiger charge is -2.41. The summed E-state index contributed by atoms with van der Waals surface area (Å²) in [6.07, 6.45) is 4.15. The second-order valence-corrected chi connectivity index (χ2v) is 11.0. The molecule has 3 aliphatic rings. The molecule has 0 bridgehead atoms. The molecule has 3 heterocycles. The summed E-state index contributed by atoms with van der Waals surface area (Å²) in [4.78, 5) is 17.6. The first-order valence-corrected chi connectivity index (χ1v) is 12.5. The maximum absolute atomic E-state index is 13.0. The standard InChI is InChI=1S/C28H37N3O2/c1-27(2,3)33-26(32)31-16-8-13-24(31)22-11-7-12-23-25(22)28(20-29-23)14-17-30(18-15-28)19-21-9-5-4-6-10-21/h4-7,9-12,24,29H,8,13-20H2,1-3H3/t24-/m1/s1. The molecular formula is C28H37N3O2. The number of nitrogens with zero attached hydrogens (tertiary/aromatic N) is 2. The van der Waals surface area contributed by atoms with Crippen molar-refractivity contribution in [1.29, 1.82) is 0 Å². The number of ether oxygens (including phenoxy) is 1. The minimum absolute atomic E-state index is 0.105. The number of likely N-dealkylation sites (tertiary alicyclic amines) is 2. The van der Waals surface area contributed by atoms with E-state index in [2.05, 4.69) is 58.7 Å². The second-order valence-electron chi connectivity index (χ2n) is 11.0. The van der Waals surface area contributed by atoms with E-state index in [0.717, 1.165) is 58.4 Å². The van der Waals surface area contributed by atoms with E-state index < -0.39 is 5.60 Å². The van der Waals surface area contributed by atoms with E-state index in [1.165, 1.54) is 22.4 Å². The number of carbonyl (C=O) groups is 1. The van der Waals surface area contributed by atoms with Gasteiger partial charge in [-0.15, -0.1) is 0 Å². The van der Waals surface area contributed by atoms with Gasteiger partial charge >= 0.3 is 6.09 Å². The van der Waals surface area contributed by atoms with Crippen molar-refractivity contribution < 1.29 is 9.53 Å². The van der Waals surface area contributed by atoms with Crippen molar-refractivity contribution in [2.75, 3.05) is 31.5 Å². The largest absolute Gasteiger partial charge is 0.444 e. The number of piperidine rings is 1. The Balaban J connectivity index is 1.37. The van der Waals surface area contributed by atoms with Gasteiger partial charge in [0.25, 0.3) is 0 Å². The number of carbonyl (C=O) groups excluding carboxylic acids is 1. The summed E-state index contributed by atoms with van der Waals surface area (Å²) in [7, 11) is 0. The Bertz CT molecular complexity index is 990. The Labute approximate surface area is 198 Å². The lowest BCUT2D eigenvalue weighted by Crippen LogP contribution is -2.44. The third kappa shape index (κ3) is 4.48. The maximum atomic E-state index is 13.0. The number of fused-ring (bicyclic) bond motifs is 2. The molecule has 0 aliphatic carbocycles. The van der Waals surface area contributed by atoms with Crippen molar-refractivity contribution in [1.82, 2.24) is 9.80 Å². The summed E-state index contributed by atoms with van der Waals surface area (Å²) < 4.78 is 5.77. The van der Waals surface area contributed by atoms with Gasteiger partial charge in [-0.2, -0.15) is 0 Å². The fourth-order valence-electron chi connectivity index (χ4n) is 5.98. The van der Waals surface area contributed by atoms with E-state index in [0.29, 0.717) is 0 Å². The second kappa shape index (κ2) is 8.68. The highest BCUT2D eigenvalue weighted by Gasteiger charge is 2.45. The molecule has 0 unspecified atom stereocenters. The van der Waals surface area contributed by atoms with Crippen molar-refractivity contribution in [2.24, 2.45) is 0 Å². The molecule has 0 radical (unpaired) electrons. The zero-order valence-electron chi connectivity index (χ0n) is 20.3. The van der Waals surface area contributed by atoms with Crippen LogP contribution >= 0.6 is 0 Å². The zero-order valence-corrected chi connectivity index (χ0v) is 20.3. The van der Waals surface area contributed by atoms with Crippen LogP contribution in [0.5, 0.6) is 0 Å². The third-order valence-electron chi connectivity index (χ3n) is 7.55. The van der Waals surface area contributed by atoms with Gasteiger partial charge in [0.2, 0.25) is 0 Å². The quantitative estimate of drug-likeness (QED) is 0.654. The maximum Gasteiger partial charge on any atom is 0.410 e. The Kier molecular flexibility index (Phi) is 5.86. The van der Waals surface area contributed by atoms with Gasteiger partial charge in [-0.1, -0.05) is 42.5 Å². The number of hydrogen-bond donors (Lipinski definition) is 1. The lowest BCUT2D eigenvalue weighted by molar-refractivity contribution is 0.0222. The Morgan fingerprint density at radius 1 is 1.06 bits per heavy atom. The monoisotopic (exact) mass is 447 g/mol. The van der Waals surface area contributed by atoms with Crippen LogP contribution in [0, 0.1) is 0 Å². The minimum Gasteiger partial charge on any atom is -0.444 e. The number of rotatable bonds is 3. The minimum atomic E-state index is -0.475. The molecule has 5 rings (SSSR count). The molecule has 3 aliphatic heterocycles. The van der Waals surface area contributed by atoms with Crippen LogP contribution in [-0.2, 0) is 16.7 Å². The van der Waals surface area contributed by atoms with Gasteiger partial charge in [-0.05, 0) is 82.3 Å². The first-order valence-electron chi connectivity index (χ1n) is 12.5. The average Bonchev–Trinajstić information content (AvgIpc) is 3.41. The van der Waals surface area contributed by atoms with Crippen LogP contribution < -0.4 is 5.32 Å². The van der Waals surface area contributed by atoms with E-state index in [-0.39, 0.29) is 17.6 Å². The number of anilines is 1. The van der Waals surface area contributed by atoms with Crippen LogP contribution in [-0.4, -0.2) is 47.7 Å². The van der Waals surface area contributed by atoms with Crippen molar-refractivity contribution in [3.05, 3.63) is 65.2 Å². The molecule has 2 aromatic carbocycles. The van der Waals surface area contributed by atoms with Gasteiger partial charge < -0.3 is 15.0 Å². The number of amides is 1.